The molecule has 2 aliphatic rings. The Morgan fingerprint density at radius 3 is 2.69 bits per heavy atom. The number of nitrogens with one attached hydrogen (secondary N) is 2. The van der Waals surface area contributed by atoms with Crippen LogP contribution in [0.15, 0.2) is 18.2 Å². The number of nitrogens with zero attached hydrogens (tertiary/aromatic N) is 3. The second kappa shape index (κ2) is 9.23. The number of rotatable bonds is 8. The van der Waals surface area contributed by atoms with E-state index in [9.17, 15) is 18.0 Å². The summed E-state index contributed by atoms with van der Waals surface area (Å²) in [6, 6.07) is 3.91. The Kier molecular flexibility index (Phi) is 6.57. The van der Waals surface area contributed by atoms with Crippen molar-refractivity contribution in [1.82, 2.24) is 20.2 Å². The topological polar surface area (TPSA) is 70.2 Å². The highest BCUT2D eigenvalue weighted by Crippen LogP contribution is 2.34. The molecule has 2 saturated heterocycles. The molecule has 32 heavy (non-hydrogen) atoms. The molecule has 2 aliphatic heterocycles. The van der Waals surface area contributed by atoms with Gasteiger partial charge in [-0.1, -0.05) is 25.1 Å². The molecule has 6 nitrogen and oxygen atoms in total. The first-order valence-corrected chi connectivity index (χ1v) is 11.0. The summed E-state index contributed by atoms with van der Waals surface area (Å²) in [5.41, 5.74) is 1.18. The second-order valence-corrected chi connectivity index (χ2v) is 8.79. The third-order valence-corrected chi connectivity index (χ3v) is 6.36. The SMILES string of the molecule is CCc1c(CCC(=O)N2CC3(CNC3)C2)nc(Cl)nc1NCc1cccc(C(F)F)c1F. The van der Waals surface area contributed by atoms with E-state index in [4.69, 9.17) is 11.6 Å². The number of aryl methyl sites for hydroxylation is 1. The quantitative estimate of drug-likeness (QED) is 0.579. The zero-order chi connectivity index (χ0) is 22.9. The molecule has 2 N–H and O–H groups in total. The molecule has 3 heterocycles. The van der Waals surface area contributed by atoms with Crippen LogP contribution in [-0.2, 0) is 24.2 Å². The summed E-state index contributed by atoms with van der Waals surface area (Å²) < 4.78 is 40.3. The zero-order valence-corrected chi connectivity index (χ0v) is 18.5. The van der Waals surface area contributed by atoms with Crippen LogP contribution in [0.4, 0.5) is 19.0 Å². The van der Waals surface area contributed by atoms with Gasteiger partial charge in [-0.3, -0.25) is 4.79 Å². The molecule has 10 heteroatoms. The predicted octanol–water partition coefficient (Wildman–Crippen LogP) is 3.75. The summed E-state index contributed by atoms with van der Waals surface area (Å²) >= 11 is 6.10. The molecule has 0 bridgehead atoms. The number of alkyl halides is 2. The molecule has 4 rings (SSSR count). The fourth-order valence-corrected chi connectivity index (χ4v) is 4.52. The van der Waals surface area contributed by atoms with Crippen LogP contribution in [-0.4, -0.2) is 47.0 Å². The number of halogens is 4. The maximum absolute atomic E-state index is 14.4. The first kappa shape index (κ1) is 22.8. The standard InChI is InChI=1S/C22H25ClF3N5O/c1-2-14-16(6-7-17(32)31-11-22(12-31)9-27-10-22)29-21(23)30-20(14)28-8-13-4-3-5-15(18(13)24)19(25)26/h3-5,19,27H,2,6-12H2,1H3,(H,28,29,30). The lowest BCUT2D eigenvalue weighted by Gasteiger charge is -2.56. The van der Waals surface area contributed by atoms with E-state index in [2.05, 4.69) is 20.6 Å². The summed E-state index contributed by atoms with van der Waals surface area (Å²) in [5, 5.41) is 6.26. The summed E-state index contributed by atoms with van der Waals surface area (Å²) in [5.74, 6) is -0.437. The highest BCUT2D eigenvalue weighted by atomic mass is 35.5. The molecule has 0 aliphatic carbocycles. The van der Waals surface area contributed by atoms with Crippen LogP contribution < -0.4 is 10.6 Å². The Hall–Kier alpha value is -2.39. The van der Waals surface area contributed by atoms with Gasteiger partial charge in [0.05, 0.1) is 11.3 Å². The second-order valence-electron chi connectivity index (χ2n) is 8.45. The Morgan fingerprint density at radius 1 is 1.31 bits per heavy atom. The van der Waals surface area contributed by atoms with Crippen LogP contribution in [0.5, 0.6) is 0 Å². The molecule has 1 spiro atoms. The normalized spacial score (nSPS) is 16.8. The third-order valence-electron chi connectivity index (χ3n) is 6.19. The molecule has 1 aromatic carbocycles. The van der Waals surface area contributed by atoms with E-state index in [0.29, 0.717) is 30.8 Å². The fraction of sp³-hybridized carbons (Fsp3) is 0.500. The van der Waals surface area contributed by atoms with Gasteiger partial charge in [-0.2, -0.15) is 0 Å². The molecule has 1 aromatic heterocycles. The van der Waals surface area contributed by atoms with Crippen molar-refractivity contribution in [3.8, 4) is 0 Å². The van der Waals surface area contributed by atoms with E-state index in [1.807, 2.05) is 11.8 Å². The lowest BCUT2D eigenvalue weighted by molar-refractivity contribution is -0.146. The van der Waals surface area contributed by atoms with Crippen LogP contribution in [0.3, 0.4) is 0 Å². The van der Waals surface area contributed by atoms with Gasteiger partial charge in [-0.05, 0) is 24.4 Å². The van der Waals surface area contributed by atoms with Crippen LogP contribution in [0.2, 0.25) is 5.28 Å². The van der Waals surface area contributed by atoms with Gasteiger partial charge in [0.1, 0.15) is 11.6 Å². The number of hydrogen-bond acceptors (Lipinski definition) is 5. The van der Waals surface area contributed by atoms with Crippen molar-refractivity contribution in [3.63, 3.8) is 0 Å². The molecule has 2 aromatic rings. The number of amides is 1. The molecule has 0 atom stereocenters. The maximum Gasteiger partial charge on any atom is 0.266 e. The summed E-state index contributed by atoms with van der Waals surface area (Å²) in [6.45, 7) is 5.40. The number of hydrogen-bond donors (Lipinski definition) is 2. The molecule has 2 fully saturated rings. The highest BCUT2D eigenvalue weighted by molar-refractivity contribution is 6.28. The smallest absolute Gasteiger partial charge is 0.266 e. The number of carbonyl (C=O) groups excluding carboxylic acids is 1. The van der Waals surface area contributed by atoms with Gasteiger partial charge < -0.3 is 15.5 Å². The molecule has 0 unspecified atom stereocenters. The highest BCUT2D eigenvalue weighted by Gasteiger charge is 2.48. The number of anilines is 1. The van der Waals surface area contributed by atoms with Gasteiger partial charge in [0.2, 0.25) is 11.2 Å². The Labute approximate surface area is 189 Å². The zero-order valence-electron chi connectivity index (χ0n) is 17.7. The minimum absolute atomic E-state index is 0.0115. The number of carbonyl (C=O) groups is 1. The van der Waals surface area contributed by atoms with E-state index >= 15 is 0 Å². The van der Waals surface area contributed by atoms with E-state index in [1.165, 1.54) is 12.1 Å². The number of likely N-dealkylation sites (tertiary alicyclic amines) is 1. The fourth-order valence-electron chi connectivity index (χ4n) is 4.33. The van der Waals surface area contributed by atoms with Gasteiger partial charge in [0.25, 0.3) is 6.43 Å². The monoisotopic (exact) mass is 467 g/mol. The van der Waals surface area contributed by atoms with Crippen molar-refractivity contribution in [2.75, 3.05) is 31.5 Å². The molecular formula is C22H25ClF3N5O. The number of benzene rings is 1. The van der Waals surface area contributed by atoms with Gasteiger partial charge in [-0.25, -0.2) is 23.1 Å². The van der Waals surface area contributed by atoms with Crippen molar-refractivity contribution in [1.29, 1.82) is 0 Å². The van der Waals surface area contributed by atoms with Gasteiger partial charge in [0, 0.05) is 55.7 Å². The van der Waals surface area contributed by atoms with Crippen LogP contribution in [0.25, 0.3) is 0 Å². The first-order chi connectivity index (χ1) is 15.3. The lowest BCUT2D eigenvalue weighted by atomic mass is 9.74. The summed E-state index contributed by atoms with van der Waals surface area (Å²) in [6.07, 6.45) is -1.59. The first-order valence-electron chi connectivity index (χ1n) is 10.6. The van der Waals surface area contributed by atoms with Crippen molar-refractivity contribution in [2.24, 2.45) is 5.41 Å². The molecule has 1 amide bonds. The minimum Gasteiger partial charge on any atom is -0.366 e. The van der Waals surface area contributed by atoms with E-state index in [-0.39, 0.29) is 28.7 Å². The average molecular weight is 468 g/mol. The van der Waals surface area contributed by atoms with Gasteiger partial charge >= 0.3 is 0 Å². The van der Waals surface area contributed by atoms with Crippen LogP contribution in [0.1, 0.15) is 42.2 Å². The van der Waals surface area contributed by atoms with Crippen LogP contribution in [0, 0.1) is 11.2 Å². The predicted molar refractivity (Wildman–Crippen MR) is 115 cm³/mol. The lowest BCUT2D eigenvalue weighted by Crippen LogP contribution is -2.71. The molecule has 172 valence electrons. The van der Waals surface area contributed by atoms with E-state index in [1.54, 1.807) is 0 Å². The summed E-state index contributed by atoms with van der Waals surface area (Å²) in [4.78, 5) is 22.9. The Balaban J connectivity index is 1.43. The minimum atomic E-state index is -2.89. The Bertz CT molecular complexity index is 1010. The molecule has 0 radical (unpaired) electrons. The van der Waals surface area contributed by atoms with Crippen LogP contribution >= 0.6 is 11.6 Å². The average Bonchev–Trinajstić information content (AvgIpc) is 2.68. The van der Waals surface area contributed by atoms with Crippen molar-refractivity contribution in [3.05, 3.63) is 51.7 Å². The molecule has 0 saturated carbocycles. The van der Waals surface area contributed by atoms with Gasteiger partial charge in [-0.15, -0.1) is 0 Å². The Morgan fingerprint density at radius 2 is 2.06 bits per heavy atom. The summed E-state index contributed by atoms with van der Waals surface area (Å²) in [7, 11) is 0. The largest absolute Gasteiger partial charge is 0.366 e. The molecular weight excluding hydrogens is 443 g/mol. The van der Waals surface area contributed by atoms with E-state index in [0.717, 1.165) is 37.8 Å². The van der Waals surface area contributed by atoms with Crippen molar-refractivity contribution in [2.45, 2.75) is 39.2 Å². The van der Waals surface area contributed by atoms with E-state index < -0.39 is 17.8 Å². The van der Waals surface area contributed by atoms with Crippen molar-refractivity contribution < 1.29 is 18.0 Å². The third kappa shape index (κ3) is 4.54. The van der Waals surface area contributed by atoms with Crippen molar-refractivity contribution >= 4 is 23.3 Å². The van der Waals surface area contributed by atoms with Gasteiger partial charge in [0.15, 0.2) is 0 Å². The maximum atomic E-state index is 14.4. The number of aromatic nitrogens is 2.